The van der Waals surface area contributed by atoms with Crippen LogP contribution in [-0.4, -0.2) is 40.0 Å². The number of hydrogen-bond donors (Lipinski definition) is 2. The highest BCUT2D eigenvalue weighted by atomic mass is 32.2. The van der Waals surface area contributed by atoms with Gasteiger partial charge in [0, 0.05) is 6.20 Å². The smallest absolute Gasteiger partial charge is 0.433 e. The van der Waals surface area contributed by atoms with Crippen LogP contribution in [0.2, 0.25) is 0 Å². The highest BCUT2D eigenvalue weighted by Crippen LogP contribution is 2.27. The van der Waals surface area contributed by atoms with Crippen LogP contribution in [0.1, 0.15) is 22.5 Å². The van der Waals surface area contributed by atoms with E-state index >= 15 is 0 Å². The molecule has 0 aliphatic rings. The average Bonchev–Trinajstić information content (AvgIpc) is 2.42. The minimum atomic E-state index is -4.59. The topological polar surface area (TPSA) is 79.3 Å². The Hall–Kier alpha value is -1.77. The van der Waals surface area contributed by atoms with Crippen molar-refractivity contribution in [1.82, 2.24) is 10.3 Å². The molecule has 1 aromatic rings. The lowest BCUT2D eigenvalue weighted by molar-refractivity contribution is -0.141. The van der Waals surface area contributed by atoms with Crippen molar-refractivity contribution < 1.29 is 27.9 Å². The molecule has 0 radical (unpaired) electrons. The monoisotopic (exact) mass is 322 g/mol. The average molecular weight is 322 g/mol. The first-order chi connectivity index (χ1) is 9.75. The van der Waals surface area contributed by atoms with Crippen LogP contribution >= 0.6 is 11.8 Å². The van der Waals surface area contributed by atoms with E-state index in [2.05, 4.69) is 10.3 Å². The predicted molar refractivity (Wildman–Crippen MR) is 71.1 cm³/mol. The molecular formula is C12H13F3N2O3S. The lowest BCUT2D eigenvalue weighted by Crippen LogP contribution is -2.41. The van der Waals surface area contributed by atoms with Gasteiger partial charge in [-0.05, 0) is 30.6 Å². The molecule has 1 atom stereocenters. The van der Waals surface area contributed by atoms with Gasteiger partial charge in [0.25, 0.3) is 5.91 Å². The Morgan fingerprint density at radius 1 is 1.43 bits per heavy atom. The highest BCUT2D eigenvalue weighted by Gasteiger charge is 2.32. The summed E-state index contributed by atoms with van der Waals surface area (Å²) < 4.78 is 37.0. The number of carbonyl (C=O) groups excluding carboxylic acids is 1. The van der Waals surface area contributed by atoms with Crippen molar-refractivity contribution in [2.75, 3.05) is 12.0 Å². The van der Waals surface area contributed by atoms with Gasteiger partial charge in [-0.2, -0.15) is 24.9 Å². The molecule has 1 amide bonds. The Balaban J connectivity index is 2.76. The highest BCUT2D eigenvalue weighted by molar-refractivity contribution is 7.98. The number of nitrogens with one attached hydrogen (secondary N) is 1. The third-order valence-electron chi connectivity index (χ3n) is 2.53. The van der Waals surface area contributed by atoms with Gasteiger partial charge in [-0.1, -0.05) is 0 Å². The first-order valence-electron chi connectivity index (χ1n) is 5.81. The Kier molecular flexibility index (Phi) is 6.01. The molecule has 2 N–H and O–H groups in total. The van der Waals surface area contributed by atoms with Crippen LogP contribution < -0.4 is 5.32 Å². The summed E-state index contributed by atoms with van der Waals surface area (Å²) in [5.41, 5.74) is -1.24. The molecule has 0 bridgehead atoms. The Morgan fingerprint density at radius 2 is 2.10 bits per heavy atom. The van der Waals surface area contributed by atoms with Crippen LogP contribution in [0.25, 0.3) is 0 Å². The number of halogens is 3. The van der Waals surface area contributed by atoms with Gasteiger partial charge in [0.2, 0.25) is 0 Å². The molecule has 1 aromatic heterocycles. The standard InChI is InChI=1S/C12H13F3N2O3S/c1-21-5-4-8(11(19)20)17-10(18)7-2-3-9(16-6-7)12(13,14)15/h2-3,6,8H,4-5H2,1H3,(H,17,18)(H,19,20)/t8-/m1/s1. The number of pyridine rings is 1. The van der Waals surface area contributed by atoms with E-state index in [0.717, 1.165) is 12.3 Å². The van der Waals surface area contributed by atoms with Gasteiger partial charge in [0.1, 0.15) is 11.7 Å². The minimum absolute atomic E-state index is 0.126. The van der Waals surface area contributed by atoms with Gasteiger partial charge < -0.3 is 10.4 Å². The normalized spacial score (nSPS) is 12.8. The molecule has 21 heavy (non-hydrogen) atoms. The van der Waals surface area contributed by atoms with Crippen LogP contribution in [0.15, 0.2) is 18.3 Å². The summed E-state index contributed by atoms with van der Waals surface area (Å²) in [6.07, 6.45) is -1.81. The van der Waals surface area contributed by atoms with E-state index in [1.807, 2.05) is 0 Å². The van der Waals surface area contributed by atoms with E-state index in [4.69, 9.17) is 5.11 Å². The van der Waals surface area contributed by atoms with E-state index < -0.39 is 29.8 Å². The number of hydrogen-bond acceptors (Lipinski definition) is 4. The van der Waals surface area contributed by atoms with Crippen LogP contribution in [-0.2, 0) is 11.0 Å². The van der Waals surface area contributed by atoms with Gasteiger partial charge in [-0.3, -0.25) is 9.78 Å². The van der Waals surface area contributed by atoms with E-state index in [1.54, 1.807) is 6.26 Å². The molecule has 1 rings (SSSR count). The lowest BCUT2D eigenvalue weighted by Gasteiger charge is -2.14. The molecule has 0 unspecified atom stereocenters. The molecule has 0 fully saturated rings. The third kappa shape index (κ3) is 5.25. The quantitative estimate of drug-likeness (QED) is 0.838. The van der Waals surface area contributed by atoms with Crippen LogP contribution in [0, 0.1) is 0 Å². The van der Waals surface area contributed by atoms with Crippen LogP contribution in [0.4, 0.5) is 13.2 Å². The summed E-state index contributed by atoms with van der Waals surface area (Å²) >= 11 is 1.42. The van der Waals surface area contributed by atoms with E-state index in [-0.39, 0.29) is 12.0 Å². The molecule has 116 valence electrons. The fourth-order valence-electron chi connectivity index (χ4n) is 1.43. The van der Waals surface area contributed by atoms with E-state index in [0.29, 0.717) is 11.8 Å². The zero-order chi connectivity index (χ0) is 16.0. The molecule has 9 heteroatoms. The maximum Gasteiger partial charge on any atom is 0.433 e. The van der Waals surface area contributed by atoms with Crippen molar-refractivity contribution in [3.63, 3.8) is 0 Å². The summed E-state index contributed by atoms with van der Waals surface area (Å²) in [5, 5.41) is 11.2. The number of aromatic nitrogens is 1. The van der Waals surface area contributed by atoms with Gasteiger partial charge in [-0.25, -0.2) is 4.79 Å². The fraction of sp³-hybridized carbons (Fsp3) is 0.417. The second-order valence-electron chi connectivity index (χ2n) is 4.08. The molecule has 0 saturated carbocycles. The number of carboxylic acids is 1. The first kappa shape index (κ1) is 17.3. The zero-order valence-electron chi connectivity index (χ0n) is 11.0. The summed E-state index contributed by atoms with van der Waals surface area (Å²) in [7, 11) is 0. The largest absolute Gasteiger partial charge is 0.480 e. The molecule has 0 aromatic carbocycles. The van der Waals surface area contributed by atoms with Gasteiger partial charge in [0.05, 0.1) is 5.56 Å². The first-order valence-corrected chi connectivity index (χ1v) is 7.21. The van der Waals surface area contributed by atoms with Crippen molar-refractivity contribution in [2.24, 2.45) is 0 Å². The van der Waals surface area contributed by atoms with Gasteiger partial charge in [0.15, 0.2) is 0 Å². The molecule has 0 saturated heterocycles. The summed E-state index contributed by atoms with van der Waals surface area (Å²) in [6, 6.07) is 0.540. The van der Waals surface area contributed by atoms with Crippen molar-refractivity contribution in [1.29, 1.82) is 0 Å². The molecule has 5 nitrogen and oxygen atoms in total. The maximum atomic E-state index is 12.3. The predicted octanol–water partition coefficient (Wildman–Crippen LogP) is 2.04. The second-order valence-corrected chi connectivity index (χ2v) is 5.06. The van der Waals surface area contributed by atoms with E-state index in [9.17, 15) is 22.8 Å². The van der Waals surface area contributed by atoms with Gasteiger partial charge >= 0.3 is 12.1 Å². The summed E-state index contributed by atoms with van der Waals surface area (Å²) in [5.74, 6) is -1.44. The SMILES string of the molecule is CSCC[C@@H](NC(=O)c1ccc(C(F)(F)F)nc1)C(=O)O. The molecule has 0 aliphatic heterocycles. The summed E-state index contributed by atoms with van der Waals surface area (Å²) in [4.78, 5) is 25.9. The molecule has 1 heterocycles. The van der Waals surface area contributed by atoms with Crippen molar-refractivity contribution in [3.8, 4) is 0 Å². The van der Waals surface area contributed by atoms with Crippen LogP contribution in [0.5, 0.6) is 0 Å². The van der Waals surface area contributed by atoms with Crippen molar-refractivity contribution in [3.05, 3.63) is 29.6 Å². The number of carboxylic acid groups (broad SMARTS) is 1. The second kappa shape index (κ2) is 7.30. The maximum absolute atomic E-state index is 12.3. The Morgan fingerprint density at radius 3 is 2.52 bits per heavy atom. The zero-order valence-corrected chi connectivity index (χ0v) is 11.8. The number of alkyl halides is 3. The number of aliphatic carboxylic acids is 1. The molecule has 0 aliphatic carbocycles. The molecule has 0 spiro atoms. The number of amides is 1. The number of rotatable bonds is 6. The lowest BCUT2D eigenvalue weighted by atomic mass is 10.2. The fourth-order valence-corrected chi connectivity index (χ4v) is 1.90. The Bertz CT molecular complexity index is 505. The van der Waals surface area contributed by atoms with Gasteiger partial charge in [-0.15, -0.1) is 0 Å². The summed E-state index contributed by atoms with van der Waals surface area (Å²) in [6.45, 7) is 0. The number of thioether (sulfide) groups is 1. The minimum Gasteiger partial charge on any atom is -0.480 e. The van der Waals surface area contributed by atoms with Crippen molar-refractivity contribution in [2.45, 2.75) is 18.6 Å². The van der Waals surface area contributed by atoms with Crippen LogP contribution in [0.3, 0.4) is 0 Å². The van der Waals surface area contributed by atoms with E-state index in [1.165, 1.54) is 11.8 Å². The third-order valence-corrected chi connectivity index (χ3v) is 3.17. The Labute approximate surface area is 122 Å². The number of carbonyl (C=O) groups is 2. The molecular weight excluding hydrogens is 309 g/mol. The van der Waals surface area contributed by atoms with Crippen molar-refractivity contribution >= 4 is 23.6 Å². The number of nitrogens with zero attached hydrogens (tertiary/aromatic N) is 1.